The van der Waals surface area contributed by atoms with Crippen molar-refractivity contribution < 1.29 is 13.9 Å². The summed E-state index contributed by atoms with van der Waals surface area (Å²) in [5.74, 6) is 0.622. The lowest BCUT2D eigenvalue weighted by Crippen LogP contribution is -2.61. The van der Waals surface area contributed by atoms with Gasteiger partial charge < -0.3 is 19.8 Å². The molecule has 1 aliphatic rings. The Kier molecular flexibility index (Phi) is 3.49. The largest absolute Gasteiger partial charge is 0.467 e. The Balaban J connectivity index is 1.75. The van der Waals surface area contributed by atoms with Crippen molar-refractivity contribution in [1.29, 1.82) is 0 Å². The van der Waals surface area contributed by atoms with Gasteiger partial charge in [0.15, 0.2) is 0 Å². The van der Waals surface area contributed by atoms with Crippen LogP contribution in [0.2, 0.25) is 0 Å². The van der Waals surface area contributed by atoms with Crippen molar-refractivity contribution >= 4 is 5.91 Å². The lowest BCUT2D eigenvalue weighted by atomic mass is 10.00. The van der Waals surface area contributed by atoms with Crippen molar-refractivity contribution in [2.45, 2.75) is 32.1 Å². The summed E-state index contributed by atoms with van der Waals surface area (Å²) in [4.78, 5) is 11.8. The van der Waals surface area contributed by atoms with Gasteiger partial charge in [-0.3, -0.25) is 4.79 Å². The molecule has 2 heterocycles. The smallest absolute Gasteiger partial charge is 0.249 e. The van der Waals surface area contributed by atoms with E-state index in [-0.39, 0.29) is 11.5 Å². The molecule has 2 rings (SSSR count). The highest BCUT2D eigenvalue weighted by Crippen LogP contribution is 2.17. The Labute approximate surface area is 101 Å². The number of carbonyl (C=O) groups excluding carboxylic acids is 1. The van der Waals surface area contributed by atoms with Gasteiger partial charge in [0, 0.05) is 13.1 Å². The van der Waals surface area contributed by atoms with Crippen LogP contribution < -0.4 is 10.6 Å². The molecule has 17 heavy (non-hydrogen) atoms. The average molecular weight is 238 g/mol. The van der Waals surface area contributed by atoms with Gasteiger partial charge in [-0.1, -0.05) is 0 Å². The Bertz CT molecular complexity index is 371. The Morgan fingerprint density at radius 3 is 3.00 bits per heavy atom. The highest BCUT2D eigenvalue weighted by atomic mass is 16.5. The zero-order valence-corrected chi connectivity index (χ0v) is 10.2. The van der Waals surface area contributed by atoms with Crippen LogP contribution in [0.3, 0.4) is 0 Å². The summed E-state index contributed by atoms with van der Waals surface area (Å²) in [6.07, 6.45) is 1.14. The number of amides is 1. The Hall–Kier alpha value is -1.33. The molecule has 0 radical (unpaired) electrons. The Morgan fingerprint density at radius 1 is 1.71 bits per heavy atom. The van der Waals surface area contributed by atoms with Crippen LogP contribution in [0.15, 0.2) is 22.8 Å². The first-order valence-electron chi connectivity index (χ1n) is 5.78. The summed E-state index contributed by atoms with van der Waals surface area (Å²) in [5.41, 5.74) is -0.207. The maximum Gasteiger partial charge on any atom is 0.249 e. The predicted octanol–water partition coefficient (Wildman–Crippen LogP) is 0.663. The molecule has 1 atom stereocenters. The molecule has 1 amide bonds. The van der Waals surface area contributed by atoms with Gasteiger partial charge in [0.05, 0.1) is 18.4 Å². The molecule has 0 saturated carbocycles. The van der Waals surface area contributed by atoms with Gasteiger partial charge in [-0.2, -0.15) is 0 Å². The molecule has 0 bridgehead atoms. The number of furan rings is 1. The van der Waals surface area contributed by atoms with Crippen molar-refractivity contribution in [2.24, 2.45) is 0 Å². The lowest BCUT2D eigenvalue weighted by molar-refractivity contribution is -0.150. The first-order valence-corrected chi connectivity index (χ1v) is 5.78. The maximum absolute atomic E-state index is 11.8. The summed E-state index contributed by atoms with van der Waals surface area (Å²) >= 11 is 0. The number of carbonyl (C=O) groups is 1. The van der Waals surface area contributed by atoms with Crippen molar-refractivity contribution in [3.05, 3.63) is 24.2 Å². The number of hydrogen-bond acceptors (Lipinski definition) is 4. The number of ether oxygens (including phenoxy) is 1. The zero-order valence-electron chi connectivity index (χ0n) is 10.2. The van der Waals surface area contributed by atoms with E-state index in [4.69, 9.17) is 9.15 Å². The third-order valence-electron chi connectivity index (χ3n) is 2.85. The molecule has 2 N–H and O–H groups in total. The van der Waals surface area contributed by atoms with Crippen molar-refractivity contribution in [1.82, 2.24) is 10.6 Å². The quantitative estimate of drug-likeness (QED) is 0.791. The molecule has 1 aromatic heterocycles. The third kappa shape index (κ3) is 3.08. The normalized spacial score (nSPS) is 19.4. The topological polar surface area (TPSA) is 63.5 Å². The van der Waals surface area contributed by atoms with Crippen molar-refractivity contribution in [2.75, 3.05) is 13.1 Å². The van der Waals surface area contributed by atoms with Crippen LogP contribution in [0.4, 0.5) is 0 Å². The minimum Gasteiger partial charge on any atom is -0.467 e. The average Bonchev–Trinajstić information content (AvgIpc) is 2.76. The summed E-state index contributed by atoms with van der Waals surface area (Å²) in [6, 6.07) is 3.62. The van der Waals surface area contributed by atoms with E-state index >= 15 is 0 Å². The fraction of sp³-hybridized carbons (Fsp3) is 0.583. The number of hydrogen-bond donors (Lipinski definition) is 2. The van der Waals surface area contributed by atoms with Crippen LogP contribution in [-0.4, -0.2) is 30.7 Å². The van der Waals surface area contributed by atoms with E-state index in [0.717, 1.165) is 18.8 Å². The van der Waals surface area contributed by atoms with E-state index in [2.05, 4.69) is 10.6 Å². The van der Waals surface area contributed by atoms with Gasteiger partial charge in [-0.15, -0.1) is 0 Å². The molecule has 1 saturated heterocycles. The molecular weight excluding hydrogens is 220 g/mol. The molecular formula is C12H18N2O3. The fourth-order valence-corrected chi connectivity index (χ4v) is 1.77. The molecule has 5 nitrogen and oxygen atoms in total. The first kappa shape index (κ1) is 12.1. The van der Waals surface area contributed by atoms with Crippen LogP contribution >= 0.6 is 0 Å². The highest BCUT2D eigenvalue weighted by molar-refractivity contribution is 5.80. The molecule has 1 unspecified atom stereocenters. The third-order valence-corrected chi connectivity index (χ3v) is 2.85. The SMILES string of the molecule is CC(OC1(C)CNC1)C(=O)NCc1ccco1. The van der Waals surface area contributed by atoms with Crippen LogP contribution in [0, 0.1) is 0 Å². The second kappa shape index (κ2) is 4.89. The molecule has 5 heteroatoms. The monoisotopic (exact) mass is 238 g/mol. The molecule has 1 aliphatic heterocycles. The van der Waals surface area contributed by atoms with Crippen LogP contribution in [0.25, 0.3) is 0 Å². The number of nitrogens with one attached hydrogen (secondary N) is 2. The maximum atomic E-state index is 11.8. The zero-order chi connectivity index (χ0) is 12.3. The van der Waals surface area contributed by atoms with Gasteiger partial charge >= 0.3 is 0 Å². The summed E-state index contributed by atoms with van der Waals surface area (Å²) in [5, 5.41) is 5.91. The second-order valence-electron chi connectivity index (χ2n) is 4.61. The van der Waals surface area contributed by atoms with E-state index < -0.39 is 6.10 Å². The summed E-state index contributed by atoms with van der Waals surface area (Å²) < 4.78 is 10.8. The fourth-order valence-electron chi connectivity index (χ4n) is 1.77. The van der Waals surface area contributed by atoms with Gasteiger partial charge in [-0.05, 0) is 26.0 Å². The first-order chi connectivity index (χ1) is 8.09. The van der Waals surface area contributed by atoms with Gasteiger partial charge in [0.2, 0.25) is 5.91 Å². The lowest BCUT2D eigenvalue weighted by Gasteiger charge is -2.40. The van der Waals surface area contributed by atoms with Crippen LogP contribution in [0.1, 0.15) is 19.6 Å². The minimum atomic E-state index is -0.447. The van der Waals surface area contributed by atoms with Crippen molar-refractivity contribution in [3.8, 4) is 0 Å². The molecule has 1 fully saturated rings. The van der Waals surface area contributed by atoms with Gasteiger partial charge in [0.25, 0.3) is 0 Å². The molecule has 94 valence electrons. The molecule has 1 aromatic rings. The summed E-state index contributed by atoms with van der Waals surface area (Å²) in [6.45, 7) is 5.75. The predicted molar refractivity (Wildman–Crippen MR) is 62.4 cm³/mol. The van der Waals surface area contributed by atoms with E-state index in [0.29, 0.717) is 6.54 Å². The van der Waals surface area contributed by atoms with Crippen LogP contribution in [-0.2, 0) is 16.1 Å². The van der Waals surface area contributed by atoms with E-state index in [1.807, 2.05) is 13.0 Å². The second-order valence-corrected chi connectivity index (χ2v) is 4.61. The highest BCUT2D eigenvalue weighted by Gasteiger charge is 2.35. The van der Waals surface area contributed by atoms with Gasteiger partial charge in [0.1, 0.15) is 11.9 Å². The molecule has 0 aromatic carbocycles. The molecule has 0 aliphatic carbocycles. The molecule has 0 spiro atoms. The van der Waals surface area contributed by atoms with Crippen molar-refractivity contribution in [3.63, 3.8) is 0 Å². The van der Waals surface area contributed by atoms with E-state index in [9.17, 15) is 4.79 Å². The van der Waals surface area contributed by atoms with Crippen LogP contribution in [0.5, 0.6) is 0 Å². The number of rotatable bonds is 5. The minimum absolute atomic E-state index is 0.116. The summed E-state index contributed by atoms with van der Waals surface area (Å²) in [7, 11) is 0. The van der Waals surface area contributed by atoms with E-state index in [1.165, 1.54) is 0 Å². The van der Waals surface area contributed by atoms with E-state index in [1.54, 1.807) is 19.3 Å². The van der Waals surface area contributed by atoms with Gasteiger partial charge in [-0.25, -0.2) is 0 Å². The Morgan fingerprint density at radius 2 is 2.47 bits per heavy atom. The standard InChI is InChI=1S/C12H18N2O3/c1-9(17-12(2)7-13-8-12)11(15)14-6-10-4-3-5-16-10/h3-5,9,13H,6-8H2,1-2H3,(H,14,15).